The van der Waals surface area contributed by atoms with E-state index in [1.165, 1.54) is 4.90 Å². The molecule has 0 radical (unpaired) electrons. The number of benzene rings is 2. The second-order valence-corrected chi connectivity index (χ2v) is 12.3. The molecular formula is C33H37ClN4O3. The SMILES string of the molecule is CC(C)(C)[C@H](C1=NC(c2ccccc2)CN1Cc1ccccc1)N(CCCN1C(=O)C2=C(CCC=C2)C1=O)C(=O)Cl. The molecule has 5 rings (SSSR count). The lowest BCUT2D eigenvalue weighted by molar-refractivity contribution is -0.137. The fourth-order valence-electron chi connectivity index (χ4n) is 6.03. The van der Waals surface area contributed by atoms with Crippen LogP contribution in [0.3, 0.4) is 0 Å². The van der Waals surface area contributed by atoms with Crippen LogP contribution in [-0.4, -0.2) is 63.4 Å². The third kappa shape index (κ3) is 6.15. The van der Waals surface area contributed by atoms with Crippen molar-refractivity contribution in [2.24, 2.45) is 10.4 Å². The van der Waals surface area contributed by atoms with Crippen LogP contribution in [0.5, 0.6) is 0 Å². The lowest BCUT2D eigenvalue weighted by atomic mass is 9.84. The first kappa shape index (κ1) is 28.8. The molecule has 0 aromatic heterocycles. The molecule has 3 aliphatic rings. The summed E-state index contributed by atoms with van der Waals surface area (Å²) in [6, 6.07) is 19.9. The van der Waals surface area contributed by atoms with Crippen LogP contribution in [0.4, 0.5) is 4.79 Å². The lowest BCUT2D eigenvalue weighted by Crippen LogP contribution is -2.55. The summed E-state index contributed by atoms with van der Waals surface area (Å²) < 4.78 is 0. The van der Waals surface area contributed by atoms with Crippen molar-refractivity contribution in [2.75, 3.05) is 19.6 Å². The number of nitrogens with zero attached hydrogens (tertiary/aromatic N) is 4. The Morgan fingerprint density at radius 3 is 2.37 bits per heavy atom. The molecule has 8 heteroatoms. The quantitative estimate of drug-likeness (QED) is 0.206. The zero-order valence-electron chi connectivity index (χ0n) is 23.9. The molecule has 2 aromatic rings. The van der Waals surface area contributed by atoms with Crippen molar-refractivity contribution in [2.45, 2.75) is 58.7 Å². The third-order valence-electron chi connectivity index (χ3n) is 7.94. The number of allylic oxidation sites excluding steroid dienone is 1. The highest BCUT2D eigenvalue weighted by atomic mass is 35.5. The molecule has 2 aliphatic heterocycles. The van der Waals surface area contributed by atoms with Crippen LogP contribution in [0.2, 0.25) is 0 Å². The number of halogens is 1. The van der Waals surface area contributed by atoms with Crippen LogP contribution in [0.25, 0.3) is 0 Å². The first-order chi connectivity index (χ1) is 19.6. The Kier molecular flexibility index (Phi) is 8.45. The summed E-state index contributed by atoms with van der Waals surface area (Å²) in [5.41, 5.74) is 2.98. The monoisotopic (exact) mass is 572 g/mol. The predicted molar refractivity (Wildman–Crippen MR) is 161 cm³/mol. The van der Waals surface area contributed by atoms with Gasteiger partial charge in [0.1, 0.15) is 5.84 Å². The molecule has 1 unspecified atom stereocenters. The summed E-state index contributed by atoms with van der Waals surface area (Å²) in [5, 5.41) is -0.574. The van der Waals surface area contributed by atoms with Crippen molar-refractivity contribution in [3.63, 3.8) is 0 Å². The standard InChI is InChI=1S/C33H37ClN4O3/c1-33(2,3)28(37(32(34)41)19-12-20-38-30(39)25-17-10-11-18-26(25)31(38)40)29-35-27(24-15-8-5-9-16-24)22-36(29)21-23-13-6-4-7-14-23/h4-10,13-17,27-28H,11-12,18-22H2,1-3H3/t27?,28-/m0/s1. The average molecular weight is 573 g/mol. The van der Waals surface area contributed by atoms with Gasteiger partial charge in [0.2, 0.25) is 0 Å². The second-order valence-electron chi connectivity index (χ2n) is 11.9. The highest BCUT2D eigenvalue weighted by molar-refractivity contribution is 6.63. The number of hydrogen-bond acceptors (Lipinski definition) is 5. The Morgan fingerprint density at radius 2 is 1.73 bits per heavy atom. The molecule has 2 heterocycles. The molecule has 7 nitrogen and oxygen atoms in total. The van der Waals surface area contributed by atoms with E-state index in [1.54, 1.807) is 11.0 Å². The van der Waals surface area contributed by atoms with Gasteiger partial charge in [0.05, 0.1) is 12.1 Å². The number of amides is 3. The first-order valence-electron chi connectivity index (χ1n) is 14.3. The minimum absolute atomic E-state index is 0.0719. The van der Waals surface area contributed by atoms with Crippen molar-refractivity contribution in [3.05, 3.63) is 95.1 Å². The van der Waals surface area contributed by atoms with Crippen molar-refractivity contribution in [1.82, 2.24) is 14.7 Å². The van der Waals surface area contributed by atoms with Crippen LogP contribution in [-0.2, 0) is 16.1 Å². The fourth-order valence-corrected chi connectivity index (χ4v) is 6.22. The van der Waals surface area contributed by atoms with Gasteiger partial charge < -0.3 is 9.80 Å². The predicted octanol–water partition coefficient (Wildman–Crippen LogP) is 6.12. The number of hydrogen-bond donors (Lipinski definition) is 0. The zero-order valence-corrected chi connectivity index (χ0v) is 24.7. The molecular weight excluding hydrogens is 536 g/mol. The van der Waals surface area contributed by atoms with E-state index in [4.69, 9.17) is 16.6 Å². The maximum Gasteiger partial charge on any atom is 0.317 e. The Labute approximate surface area is 247 Å². The number of amidine groups is 1. The van der Waals surface area contributed by atoms with Crippen molar-refractivity contribution >= 4 is 34.6 Å². The van der Waals surface area contributed by atoms with Gasteiger partial charge in [0.25, 0.3) is 11.8 Å². The highest BCUT2D eigenvalue weighted by Gasteiger charge is 2.43. The van der Waals surface area contributed by atoms with Crippen molar-refractivity contribution < 1.29 is 14.4 Å². The Hall–Kier alpha value is -3.71. The Bertz CT molecular complexity index is 1390. The summed E-state index contributed by atoms with van der Waals surface area (Å²) in [6.45, 7) is 8.11. The maximum absolute atomic E-state index is 13.0. The van der Waals surface area contributed by atoms with E-state index >= 15 is 0 Å². The largest absolute Gasteiger partial charge is 0.352 e. The summed E-state index contributed by atoms with van der Waals surface area (Å²) in [7, 11) is 0. The van der Waals surface area contributed by atoms with Crippen LogP contribution < -0.4 is 0 Å². The normalized spacial score (nSPS) is 19.5. The minimum atomic E-state index is -0.574. The summed E-state index contributed by atoms with van der Waals surface area (Å²) in [4.78, 5) is 49.3. The number of carbonyl (C=O) groups excluding carboxylic acids is 3. The summed E-state index contributed by atoms with van der Waals surface area (Å²) in [6.07, 6.45) is 5.46. The molecule has 0 N–H and O–H groups in total. The molecule has 0 saturated heterocycles. The van der Waals surface area contributed by atoms with Gasteiger partial charge in [0.15, 0.2) is 0 Å². The summed E-state index contributed by atoms with van der Waals surface area (Å²) in [5.74, 6) is 0.349. The first-order valence-corrected chi connectivity index (χ1v) is 14.7. The van der Waals surface area contributed by atoms with Gasteiger partial charge in [-0.2, -0.15) is 0 Å². The van der Waals surface area contributed by atoms with Gasteiger partial charge in [-0.25, -0.2) is 0 Å². The van der Waals surface area contributed by atoms with Crippen LogP contribution in [0.15, 0.2) is 89.0 Å². The Morgan fingerprint density at radius 1 is 1.05 bits per heavy atom. The molecule has 214 valence electrons. The highest BCUT2D eigenvalue weighted by Crippen LogP contribution is 2.35. The number of aliphatic imine (C=N–C) groups is 1. The number of carbonyl (C=O) groups is 3. The molecule has 2 aromatic carbocycles. The van der Waals surface area contributed by atoms with Gasteiger partial charge >= 0.3 is 5.37 Å². The van der Waals surface area contributed by atoms with Gasteiger partial charge in [-0.15, -0.1) is 0 Å². The van der Waals surface area contributed by atoms with E-state index in [9.17, 15) is 14.4 Å². The van der Waals surface area contributed by atoms with Crippen LogP contribution in [0, 0.1) is 5.41 Å². The molecule has 0 bridgehead atoms. The lowest BCUT2D eigenvalue weighted by Gasteiger charge is -2.41. The molecule has 41 heavy (non-hydrogen) atoms. The van der Waals surface area contributed by atoms with E-state index in [1.807, 2.05) is 42.5 Å². The van der Waals surface area contributed by atoms with E-state index in [-0.39, 0.29) is 30.9 Å². The number of imide groups is 1. The zero-order chi connectivity index (χ0) is 29.1. The van der Waals surface area contributed by atoms with Gasteiger partial charge in [0, 0.05) is 37.3 Å². The van der Waals surface area contributed by atoms with Gasteiger partial charge in [-0.05, 0) is 47.4 Å². The smallest absolute Gasteiger partial charge is 0.317 e. The van der Waals surface area contributed by atoms with E-state index in [0.717, 1.165) is 23.4 Å². The average Bonchev–Trinajstić information content (AvgIpc) is 3.47. The molecule has 1 aliphatic carbocycles. The maximum atomic E-state index is 13.0. The third-order valence-corrected chi connectivity index (χ3v) is 8.16. The molecule has 0 saturated carbocycles. The number of rotatable bonds is 9. The van der Waals surface area contributed by atoms with Crippen molar-refractivity contribution in [3.8, 4) is 0 Å². The second kappa shape index (κ2) is 12.0. The van der Waals surface area contributed by atoms with E-state index in [0.29, 0.717) is 37.1 Å². The summed E-state index contributed by atoms with van der Waals surface area (Å²) >= 11 is 6.29. The Balaban J connectivity index is 1.40. The van der Waals surface area contributed by atoms with E-state index in [2.05, 4.69) is 49.9 Å². The molecule has 0 fully saturated rings. The molecule has 0 spiro atoms. The van der Waals surface area contributed by atoms with Gasteiger partial charge in [-0.3, -0.25) is 24.3 Å². The van der Waals surface area contributed by atoms with Crippen molar-refractivity contribution in [1.29, 1.82) is 0 Å². The van der Waals surface area contributed by atoms with Gasteiger partial charge in [-0.1, -0.05) is 93.6 Å². The molecule has 2 atom stereocenters. The van der Waals surface area contributed by atoms with Crippen LogP contribution >= 0.6 is 11.6 Å². The fraction of sp³-hybridized carbons (Fsp3) is 0.394. The minimum Gasteiger partial charge on any atom is -0.352 e. The topological polar surface area (TPSA) is 73.3 Å². The van der Waals surface area contributed by atoms with E-state index < -0.39 is 16.8 Å². The van der Waals surface area contributed by atoms with Crippen LogP contribution in [0.1, 0.15) is 57.2 Å². The molecule has 3 amide bonds.